The van der Waals surface area contributed by atoms with Crippen molar-refractivity contribution in [1.29, 1.82) is 0 Å². The van der Waals surface area contributed by atoms with E-state index in [1.54, 1.807) is 90.0 Å². The molecule has 4 saturated heterocycles. The number of likely N-dealkylation sites (tertiary alicyclic amines) is 1. The Hall–Kier alpha value is -11.8. The van der Waals surface area contributed by atoms with Gasteiger partial charge < -0.3 is 98.3 Å². The molecule has 0 aliphatic carbocycles. The number of aliphatic carboxylic acids is 2. The Morgan fingerprint density at radius 1 is 0.640 bits per heavy atom. The summed E-state index contributed by atoms with van der Waals surface area (Å²) in [6, 6.07) is 9.46. The number of hydrogen-bond donors (Lipinski definition) is 14. The fraction of sp³-hybridized carbons (Fsp3) is 0.520. The molecule has 4 aliphatic rings. The Morgan fingerprint density at radius 2 is 1.27 bits per heavy atom. The molecule has 3 aromatic carbocycles. The zero-order valence-corrected chi connectivity index (χ0v) is 63.1. The number of hydrogen-bond acceptors (Lipinski definition) is 19. The zero-order valence-electron chi connectivity index (χ0n) is 63.1. The van der Waals surface area contributed by atoms with Crippen molar-refractivity contribution in [1.82, 2.24) is 82.7 Å². The van der Waals surface area contributed by atoms with Crippen molar-refractivity contribution in [2.24, 2.45) is 5.73 Å². The highest BCUT2D eigenvalue weighted by molar-refractivity contribution is 6.00. The highest BCUT2D eigenvalue weighted by Crippen LogP contribution is 2.33. The van der Waals surface area contributed by atoms with Crippen molar-refractivity contribution in [2.75, 3.05) is 112 Å². The van der Waals surface area contributed by atoms with E-state index in [9.17, 15) is 76.5 Å². The van der Waals surface area contributed by atoms with E-state index in [4.69, 9.17) is 21.8 Å². The number of aromatic nitrogens is 1. The summed E-state index contributed by atoms with van der Waals surface area (Å²) in [5.74, 6) is -17.7. The maximum absolute atomic E-state index is 15.4. The van der Waals surface area contributed by atoms with E-state index in [1.165, 1.54) is 11.9 Å². The number of amides is 14. The number of ether oxygens (including phenoxy) is 2. The predicted molar refractivity (Wildman–Crippen MR) is 401 cm³/mol. The molecule has 14 amide bonds. The van der Waals surface area contributed by atoms with Crippen LogP contribution in [0.3, 0.4) is 0 Å². The van der Waals surface area contributed by atoms with Gasteiger partial charge in [-0.05, 0) is 66.8 Å². The summed E-state index contributed by atoms with van der Waals surface area (Å²) in [5.41, 5.74) is 7.90. The molecule has 114 heavy (non-hydrogen) atoms. The van der Waals surface area contributed by atoms with Crippen LogP contribution < -0.4 is 58.9 Å². The van der Waals surface area contributed by atoms with Gasteiger partial charge in [-0.3, -0.25) is 81.8 Å². The summed E-state index contributed by atoms with van der Waals surface area (Å²) in [5, 5.41) is 45.6. The molecule has 0 saturated carbocycles. The van der Waals surface area contributed by atoms with Crippen molar-refractivity contribution >= 4 is 99.8 Å². The highest BCUT2D eigenvalue weighted by Gasteiger charge is 2.51. The lowest BCUT2D eigenvalue weighted by Crippen LogP contribution is -2.60. The summed E-state index contributed by atoms with van der Waals surface area (Å²) in [7, 11) is 1.25. The van der Waals surface area contributed by atoms with Crippen molar-refractivity contribution in [3.05, 3.63) is 119 Å². The third kappa shape index (κ3) is 27.0. The molecular formula is C75H98F2N18O19. The number of nitrogens with zero attached hydrogens (tertiary/aromatic N) is 6. The van der Waals surface area contributed by atoms with E-state index >= 15 is 14.4 Å². The minimum atomic E-state index is -3.47. The quantitative estimate of drug-likeness (QED) is 0.0214. The van der Waals surface area contributed by atoms with Gasteiger partial charge in [-0.2, -0.15) is 0 Å². The van der Waals surface area contributed by atoms with Crippen LogP contribution in [-0.4, -0.2) is 295 Å². The molecule has 15 N–H and O–H groups in total. The van der Waals surface area contributed by atoms with Crippen LogP contribution >= 0.6 is 0 Å². The second-order valence-electron chi connectivity index (χ2n) is 28.0. The summed E-state index contributed by atoms with van der Waals surface area (Å²) in [4.78, 5) is 222. The van der Waals surface area contributed by atoms with E-state index in [0.29, 0.717) is 64.3 Å². The first-order chi connectivity index (χ1) is 54.6. The van der Waals surface area contributed by atoms with E-state index in [0.717, 1.165) is 9.80 Å². The van der Waals surface area contributed by atoms with Gasteiger partial charge in [0.25, 0.3) is 5.92 Å². The van der Waals surface area contributed by atoms with Gasteiger partial charge >= 0.3 is 24.1 Å². The molecule has 8 atom stereocenters. The monoisotopic (exact) mass is 1590 g/mol. The number of unbranched alkanes of at least 4 members (excludes halogenated alkanes) is 1. The van der Waals surface area contributed by atoms with Crippen molar-refractivity contribution in [3.8, 4) is 0 Å². The van der Waals surface area contributed by atoms with Crippen LogP contribution in [0.4, 0.5) is 13.6 Å². The van der Waals surface area contributed by atoms with E-state index < -0.39 is 195 Å². The standard InChI is InChI=1S/C75H98F2N18O19/c1-79-59-37-75(76,77)45-95(59)63(99)22-21-53-69(107)88-55(35-49-39-81-51-14-7-6-13-50(49)51)67(105)84-41-61(97)86-52(15-8-9-24-80-74(112)93-28-26-92(27-29-93)43-66(103)104)68(106)90-56(36-65(101)102)73(111)94-25-10-16-57(94)71(109)85-40-60(96)83-42-64(100)91(2)58(34-46-11-4-3-5-12-46)72(110)89-54(70(108)87-53)33-47-17-19-48(20-18-47)38-82-62(98)44-114-32-31-113-30-23-78/h3-7,11-14,17-20,39,52-59,81H,8-10,15-16,21-38,40-45,78H2,2H3,(H,80,112)(H,82,98)(H,83,96)(H,84,105)(H,85,109)(H,86,97)(H,87,108)(H,88,107)(H,89,110)(H,90,106)(H,101,102)(H,103,104)/t52-,53-,54-,55-,56-,57+,58-,59-/m0/s1. The lowest BCUT2D eigenvalue weighted by molar-refractivity contribution is -0.146. The van der Waals surface area contributed by atoms with E-state index in [2.05, 4.69) is 63.0 Å². The maximum Gasteiger partial charge on any atom is 0.317 e. The summed E-state index contributed by atoms with van der Waals surface area (Å²) < 4.78 is 40.5. The number of carboxylic acids is 2. The lowest BCUT2D eigenvalue weighted by Gasteiger charge is -2.33. The number of fused-ring (bicyclic) bond motifs is 2. The van der Waals surface area contributed by atoms with Gasteiger partial charge in [-0.25, -0.2) is 20.1 Å². The minimum absolute atomic E-state index is 0.0159. The molecule has 4 aromatic rings. The molecule has 0 radical (unpaired) electrons. The molecule has 4 fully saturated rings. The first-order valence-corrected chi connectivity index (χ1v) is 37.5. The molecule has 1 aromatic heterocycles. The predicted octanol–water partition coefficient (Wildman–Crippen LogP) is -2.64. The number of likely N-dealkylation sites (N-methyl/N-ethyl adjacent to an activating group) is 1. The second kappa shape index (κ2) is 43.3. The summed E-state index contributed by atoms with van der Waals surface area (Å²) in [6.07, 6.45) is -4.31. The van der Waals surface area contributed by atoms with Crippen LogP contribution in [0.1, 0.15) is 80.0 Å². The molecular weight excluding hydrogens is 1490 g/mol. The van der Waals surface area contributed by atoms with E-state index in [1.807, 2.05) is 0 Å². The van der Waals surface area contributed by atoms with Crippen LogP contribution in [0.2, 0.25) is 0 Å². The number of H-pyrrole nitrogens is 1. The summed E-state index contributed by atoms with van der Waals surface area (Å²) in [6.45, 7) is 5.46. The number of urea groups is 1. The van der Waals surface area contributed by atoms with Gasteiger partial charge in [0.2, 0.25) is 70.9 Å². The Kier molecular flexibility index (Phi) is 33.4. The Bertz CT molecular complexity index is 4120. The number of carbonyl (C=O) groups excluding carboxylic acids is 13. The Labute approximate surface area is 654 Å². The number of rotatable bonds is 27. The lowest BCUT2D eigenvalue weighted by atomic mass is 10.00. The third-order valence-electron chi connectivity index (χ3n) is 19.6. The SMILES string of the molecule is [C-]#[N+][C@@H]1CC(F)(F)CN1C(=O)CC[C@@H]1NC(=O)[C@H](Cc2ccc(CNC(=O)COCCOCCN)cc2)NC(=O)[C@H](Cc2ccccc2)N(C)C(=O)CNC(=O)CNC(=O)[C@H]2CCCN2C(=O)[C@H](CC(=O)O)NC(=O)[C@H](CCCCNC(=O)N2CCN(CC(=O)O)CC2)NC(=O)CNC(=O)[C@H](Cc2c[nH]c3ccccc23)NC1=O. The highest BCUT2D eigenvalue weighted by atomic mass is 19.3. The molecule has 0 unspecified atom stereocenters. The number of alkyl halides is 2. The summed E-state index contributed by atoms with van der Waals surface area (Å²) >= 11 is 0. The second-order valence-corrected chi connectivity index (χ2v) is 28.0. The van der Waals surface area contributed by atoms with Crippen molar-refractivity contribution in [3.63, 3.8) is 0 Å². The van der Waals surface area contributed by atoms with Crippen molar-refractivity contribution in [2.45, 2.75) is 138 Å². The number of halogens is 2. The normalized spacial score (nSPS) is 22.3. The van der Waals surface area contributed by atoms with Crippen LogP contribution in [0.5, 0.6) is 0 Å². The fourth-order valence-electron chi connectivity index (χ4n) is 13.4. The topological polar surface area (TPSA) is 498 Å². The number of piperazine rings is 1. The zero-order chi connectivity index (χ0) is 82.4. The smallest absolute Gasteiger partial charge is 0.317 e. The number of nitrogens with two attached hydrogens (primary N) is 1. The van der Waals surface area contributed by atoms with Gasteiger partial charge in [-0.15, -0.1) is 0 Å². The first-order valence-electron chi connectivity index (χ1n) is 37.5. The Balaban J connectivity index is 1.13. The van der Waals surface area contributed by atoms with Gasteiger partial charge in [0.1, 0.15) is 55.3 Å². The van der Waals surface area contributed by atoms with Crippen LogP contribution in [0, 0.1) is 6.57 Å². The molecule has 5 heterocycles. The largest absolute Gasteiger partial charge is 0.481 e. The molecule has 616 valence electrons. The van der Waals surface area contributed by atoms with Crippen LogP contribution in [0.25, 0.3) is 15.7 Å². The number of aromatic amines is 1. The van der Waals surface area contributed by atoms with Gasteiger partial charge in [-0.1, -0.05) is 72.8 Å². The third-order valence-corrected chi connectivity index (χ3v) is 19.6. The molecule has 8 rings (SSSR count). The van der Waals surface area contributed by atoms with Crippen LogP contribution in [0.15, 0.2) is 85.1 Å². The number of benzene rings is 3. The van der Waals surface area contributed by atoms with Gasteiger partial charge in [0.15, 0.2) is 0 Å². The average molecular weight is 1590 g/mol. The number of carbonyl (C=O) groups is 15. The molecule has 0 bridgehead atoms. The number of nitrogens with one attached hydrogen (secondary N) is 11. The van der Waals surface area contributed by atoms with Crippen LogP contribution in [-0.2, 0) is 102 Å². The van der Waals surface area contributed by atoms with Crippen molar-refractivity contribution < 1.29 is 100 Å². The number of para-hydroxylation sites is 1. The molecule has 37 nitrogen and oxygen atoms in total. The van der Waals surface area contributed by atoms with E-state index in [-0.39, 0.29) is 110 Å². The molecule has 0 spiro atoms. The number of carboxylic acid groups (broad SMARTS) is 2. The van der Waals surface area contributed by atoms with Gasteiger partial charge in [0, 0.05) is 102 Å². The Morgan fingerprint density at radius 3 is 1.98 bits per heavy atom. The first kappa shape index (κ1) is 87.8. The average Bonchev–Trinajstić information content (AvgIpc) is 1.63. The molecule has 4 aliphatic heterocycles. The maximum atomic E-state index is 15.4. The molecule has 39 heteroatoms. The van der Waals surface area contributed by atoms with Gasteiger partial charge in [0.05, 0.1) is 59.0 Å². The minimum Gasteiger partial charge on any atom is -0.481 e. The fourth-order valence-corrected chi connectivity index (χ4v) is 13.4.